The number of halogens is 1. The quantitative estimate of drug-likeness (QED) is 0.353. The van der Waals surface area contributed by atoms with Crippen LogP contribution in [0, 0.1) is 0 Å². The van der Waals surface area contributed by atoms with Crippen LogP contribution in [0.1, 0.15) is 0 Å². The predicted molar refractivity (Wildman–Crippen MR) is 34.8 cm³/mol. The summed E-state index contributed by atoms with van der Waals surface area (Å²) in [6.45, 7) is -0.479. The Balaban J connectivity index is 3.80. The number of hydrogen-bond donors (Lipinski definition) is 3. The lowest BCUT2D eigenvalue weighted by Crippen LogP contribution is -2.37. The highest BCUT2D eigenvalue weighted by Crippen LogP contribution is 2.04. The number of alkyl halides is 1. The van der Waals surface area contributed by atoms with Crippen LogP contribution >= 0.6 is 11.6 Å². The molecule has 0 aromatic rings. The number of rotatable bonds is 4. The van der Waals surface area contributed by atoms with E-state index in [1.54, 1.807) is 0 Å². The largest absolute Gasteiger partial charge is 0.395 e. The first-order chi connectivity index (χ1) is 4.63. The predicted octanol–water partition coefficient (Wildman–Crippen LogP) is -1.49. The second kappa shape index (κ2) is 4.62. The monoisotopic (exact) mass is 168 g/mol. The fourth-order valence-corrected chi connectivity index (χ4v) is 0.551. The van der Waals surface area contributed by atoms with Crippen LogP contribution in [-0.4, -0.2) is 45.8 Å². The van der Waals surface area contributed by atoms with Crippen molar-refractivity contribution < 1.29 is 20.1 Å². The lowest BCUT2D eigenvalue weighted by molar-refractivity contribution is -0.120. The molecule has 0 aromatic heterocycles. The topological polar surface area (TPSA) is 77.8 Å². The molecular weight excluding hydrogens is 160 g/mol. The van der Waals surface area contributed by atoms with Gasteiger partial charge in [-0.25, -0.2) is 0 Å². The van der Waals surface area contributed by atoms with Gasteiger partial charge in [0, 0.05) is 0 Å². The molecule has 5 heteroatoms. The lowest BCUT2D eigenvalue weighted by atomic mass is 10.1. The molecule has 0 amide bonds. The van der Waals surface area contributed by atoms with Gasteiger partial charge in [0.15, 0.2) is 6.29 Å². The second-order valence-electron chi connectivity index (χ2n) is 1.82. The maximum Gasteiger partial charge on any atom is 0.151 e. The molecule has 0 heterocycles. The average molecular weight is 169 g/mol. The van der Waals surface area contributed by atoms with Gasteiger partial charge < -0.3 is 20.1 Å². The van der Waals surface area contributed by atoms with E-state index in [-0.39, 0.29) is 6.29 Å². The summed E-state index contributed by atoms with van der Waals surface area (Å²) in [5.74, 6) is 0. The van der Waals surface area contributed by atoms with Crippen molar-refractivity contribution in [3.8, 4) is 0 Å². The lowest BCUT2D eigenvalue weighted by Gasteiger charge is -2.15. The molecule has 0 rings (SSSR count). The van der Waals surface area contributed by atoms with Crippen LogP contribution in [0.3, 0.4) is 0 Å². The third-order valence-electron chi connectivity index (χ3n) is 1.03. The van der Waals surface area contributed by atoms with Crippen LogP contribution in [-0.2, 0) is 4.79 Å². The zero-order valence-electron chi connectivity index (χ0n) is 5.14. The first-order valence-electron chi connectivity index (χ1n) is 2.69. The molecule has 0 aromatic carbocycles. The van der Waals surface area contributed by atoms with Gasteiger partial charge in [0.1, 0.15) is 12.2 Å². The molecule has 0 aliphatic heterocycles. The van der Waals surface area contributed by atoms with Gasteiger partial charge in [-0.2, -0.15) is 0 Å². The molecule has 3 N–H and O–H groups in total. The van der Waals surface area contributed by atoms with Gasteiger partial charge >= 0.3 is 0 Å². The number of carbonyl (C=O) groups is 1. The molecule has 0 unspecified atom stereocenters. The number of aliphatic hydroxyl groups is 3. The van der Waals surface area contributed by atoms with Crippen molar-refractivity contribution in [3.05, 3.63) is 0 Å². The van der Waals surface area contributed by atoms with E-state index in [2.05, 4.69) is 0 Å². The summed E-state index contributed by atoms with van der Waals surface area (Å²) in [6.07, 6.45) is -2.76. The summed E-state index contributed by atoms with van der Waals surface area (Å²) in [7, 11) is 0. The van der Waals surface area contributed by atoms with Crippen LogP contribution in [0.5, 0.6) is 0 Å². The summed E-state index contributed by atoms with van der Waals surface area (Å²) in [5, 5.41) is 24.8. The van der Waals surface area contributed by atoms with Crippen molar-refractivity contribution in [1.29, 1.82) is 0 Å². The van der Waals surface area contributed by atoms with Crippen molar-refractivity contribution in [2.45, 2.75) is 17.6 Å². The fourth-order valence-electron chi connectivity index (χ4n) is 0.402. The van der Waals surface area contributed by atoms with Crippen molar-refractivity contribution in [2.24, 2.45) is 0 Å². The fraction of sp³-hybridized carbons (Fsp3) is 0.800. The van der Waals surface area contributed by atoms with Crippen LogP contribution in [0.15, 0.2) is 0 Å². The summed E-state index contributed by atoms with van der Waals surface area (Å²) in [4.78, 5) is 9.82. The second-order valence-corrected chi connectivity index (χ2v) is 2.38. The molecule has 0 spiro atoms. The molecule has 4 nitrogen and oxygen atoms in total. The van der Waals surface area contributed by atoms with Crippen molar-refractivity contribution in [1.82, 2.24) is 0 Å². The molecule has 0 fully saturated rings. The molecule has 60 valence electrons. The number of hydrogen-bond acceptors (Lipinski definition) is 4. The zero-order valence-corrected chi connectivity index (χ0v) is 5.90. The normalized spacial score (nSPS) is 19.6. The highest BCUT2D eigenvalue weighted by atomic mass is 35.5. The minimum Gasteiger partial charge on any atom is -0.395 e. The average Bonchev–Trinajstić information content (AvgIpc) is 2.00. The third kappa shape index (κ3) is 2.62. The van der Waals surface area contributed by atoms with Gasteiger partial charge in [-0.05, 0) is 0 Å². The molecule has 0 bridgehead atoms. The van der Waals surface area contributed by atoms with E-state index >= 15 is 0 Å². The van der Waals surface area contributed by atoms with Gasteiger partial charge in [0.25, 0.3) is 0 Å². The minimum atomic E-state index is -1.52. The van der Waals surface area contributed by atoms with Crippen LogP contribution in [0.2, 0.25) is 0 Å². The molecule has 0 aliphatic rings. The van der Waals surface area contributed by atoms with E-state index in [1.807, 2.05) is 0 Å². The first kappa shape index (κ1) is 9.84. The number of carbonyl (C=O) groups excluding carboxylic acids is 1. The van der Waals surface area contributed by atoms with E-state index in [4.69, 9.17) is 26.9 Å². The van der Waals surface area contributed by atoms with E-state index in [1.165, 1.54) is 0 Å². The Morgan fingerprint density at radius 3 is 2.30 bits per heavy atom. The molecule has 10 heavy (non-hydrogen) atoms. The highest BCUT2D eigenvalue weighted by Gasteiger charge is 2.22. The molecule has 3 atom stereocenters. The van der Waals surface area contributed by atoms with Gasteiger partial charge in [0.05, 0.1) is 12.0 Å². The van der Waals surface area contributed by atoms with Gasteiger partial charge in [-0.1, -0.05) is 0 Å². The van der Waals surface area contributed by atoms with Crippen molar-refractivity contribution in [2.75, 3.05) is 6.61 Å². The van der Waals surface area contributed by atoms with E-state index in [0.717, 1.165) is 0 Å². The summed E-state index contributed by atoms with van der Waals surface area (Å²) >= 11 is 5.27. The van der Waals surface area contributed by atoms with Crippen LogP contribution in [0.4, 0.5) is 0 Å². The van der Waals surface area contributed by atoms with E-state index in [9.17, 15) is 4.79 Å². The molecule has 0 saturated carbocycles. The minimum absolute atomic E-state index is 0.162. The number of aldehydes is 1. The van der Waals surface area contributed by atoms with Crippen LogP contribution < -0.4 is 0 Å². The Morgan fingerprint density at radius 2 is 2.00 bits per heavy atom. The molecular formula is C5H9ClO4. The Hall–Kier alpha value is -0.160. The summed E-state index contributed by atoms with van der Waals surface area (Å²) in [6, 6.07) is 0. The zero-order chi connectivity index (χ0) is 8.15. The Kier molecular flexibility index (Phi) is 4.55. The van der Waals surface area contributed by atoms with Gasteiger partial charge in [-0.3, -0.25) is 0 Å². The maximum atomic E-state index is 9.82. The van der Waals surface area contributed by atoms with Crippen LogP contribution in [0.25, 0.3) is 0 Å². The van der Waals surface area contributed by atoms with Crippen molar-refractivity contribution in [3.63, 3.8) is 0 Å². The highest BCUT2D eigenvalue weighted by molar-refractivity contribution is 6.21. The van der Waals surface area contributed by atoms with Gasteiger partial charge in [-0.15, -0.1) is 11.6 Å². The Bertz CT molecular complexity index is 108. The van der Waals surface area contributed by atoms with Gasteiger partial charge in [0.2, 0.25) is 0 Å². The SMILES string of the molecule is O=C[C@@H](O)[C@H](O)[C@H](Cl)CO. The maximum absolute atomic E-state index is 9.82. The van der Waals surface area contributed by atoms with E-state index < -0.39 is 24.2 Å². The first-order valence-corrected chi connectivity index (χ1v) is 3.13. The Morgan fingerprint density at radius 1 is 1.50 bits per heavy atom. The smallest absolute Gasteiger partial charge is 0.151 e. The number of aliphatic hydroxyl groups excluding tert-OH is 3. The van der Waals surface area contributed by atoms with Crippen molar-refractivity contribution >= 4 is 17.9 Å². The Labute approximate surface area is 63.0 Å². The standard InChI is InChI=1S/C5H9ClO4/c6-3(1-7)5(10)4(9)2-8/h2-5,7,9-10H,1H2/t3-,4-,5-/m1/s1. The molecule has 0 radical (unpaired) electrons. The summed E-state index contributed by atoms with van der Waals surface area (Å²) in [5.41, 5.74) is 0. The molecule has 0 aliphatic carbocycles. The summed E-state index contributed by atoms with van der Waals surface area (Å²) < 4.78 is 0. The van der Waals surface area contributed by atoms with E-state index in [0.29, 0.717) is 0 Å². The molecule has 0 saturated heterocycles. The third-order valence-corrected chi connectivity index (χ3v) is 1.43.